The Balaban J connectivity index is 2.93. The molecule has 0 radical (unpaired) electrons. The van der Waals surface area contributed by atoms with Gasteiger partial charge in [0.2, 0.25) is 0 Å². The van der Waals surface area contributed by atoms with E-state index in [1.54, 1.807) is 13.2 Å². The van der Waals surface area contributed by atoms with Crippen molar-refractivity contribution >= 4 is 12.0 Å². The van der Waals surface area contributed by atoms with Gasteiger partial charge in [0.1, 0.15) is 17.4 Å². The van der Waals surface area contributed by atoms with Crippen molar-refractivity contribution in [3.8, 4) is 11.8 Å². The van der Waals surface area contributed by atoms with Gasteiger partial charge in [-0.15, -0.1) is 0 Å². The highest BCUT2D eigenvalue weighted by atomic mass is 16.5. The van der Waals surface area contributed by atoms with Crippen LogP contribution in [0.15, 0.2) is 29.8 Å². The topological polar surface area (TPSA) is 71.3 Å². The summed E-state index contributed by atoms with van der Waals surface area (Å²) in [4.78, 5) is 11.9. The van der Waals surface area contributed by atoms with Crippen LogP contribution in [0.1, 0.15) is 19.4 Å². The zero-order chi connectivity index (χ0) is 15.7. The lowest BCUT2D eigenvalue weighted by atomic mass is 10.1. The first-order valence-corrected chi connectivity index (χ1v) is 6.73. The molecule has 0 unspecified atom stereocenters. The number of para-hydroxylation sites is 1. The molecule has 0 heterocycles. The van der Waals surface area contributed by atoms with Gasteiger partial charge < -0.3 is 14.8 Å². The zero-order valence-electron chi connectivity index (χ0n) is 12.6. The standard InChI is InChI=1S/C16H20N2O3/c1-12(2)21-15-7-5-4-6-13(15)10-14(11-17)16(19)18-8-9-20-3/h4-7,10,12H,8-9H2,1-3H3,(H,18,19)/b14-10+. The van der Waals surface area contributed by atoms with Crippen molar-refractivity contribution in [1.29, 1.82) is 5.26 Å². The van der Waals surface area contributed by atoms with Crippen molar-refractivity contribution in [1.82, 2.24) is 5.32 Å². The van der Waals surface area contributed by atoms with Gasteiger partial charge in [-0.3, -0.25) is 4.79 Å². The van der Waals surface area contributed by atoms with Crippen molar-refractivity contribution in [3.05, 3.63) is 35.4 Å². The van der Waals surface area contributed by atoms with Gasteiger partial charge in [0.15, 0.2) is 0 Å². The van der Waals surface area contributed by atoms with Gasteiger partial charge >= 0.3 is 0 Å². The number of benzene rings is 1. The lowest BCUT2D eigenvalue weighted by molar-refractivity contribution is -0.117. The largest absolute Gasteiger partial charge is 0.490 e. The number of ether oxygens (including phenoxy) is 2. The smallest absolute Gasteiger partial charge is 0.262 e. The normalized spacial score (nSPS) is 11.1. The van der Waals surface area contributed by atoms with Gasteiger partial charge in [-0.25, -0.2) is 0 Å². The predicted octanol–water partition coefficient (Wildman–Crippen LogP) is 2.14. The Hall–Kier alpha value is -2.32. The summed E-state index contributed by atoms with van der Waals surface area (Å²) in [6, 6.07) is 9.20. The van der Waals surface area contributed by atoms with Crippen LogP contribution in [0, 0.1) is 11.3 Å². The van der Waals surface area contributed by atoms with Crippen molar-refractivity contribution in [3.63, 3.8) is 0 Å². The van der Waals surface area contributed by atoms with Crippen LogP contribution < -0.4 is 10.1 Å². The Morgan fingerprint density at radius 2 is 2.14 bits per heavy atom. The van der Waals surface area contributed by atoms with E-state index in [4.69, 9.17) is 14.7 Å². The molecule has 0 spiro atoms. The van der Waals surface area contributed by atoms with E-state index in [0.717, 1.165) is 0 Å². The summed E-state index contributed by atoms with van der Waals surface area (Å²) in [5, 5.41) is 11.8. The third kappa shape index (κ3) is 5.67. The first-order chi connectivity index (χ1) is 10.1. The zero-order valence-corrected chi connectivity index (χ0v) is 12.6. The molecule has 1 aromatic rings. The van der Waals surface area contributed by atoms with E-state index in [0.29, 0.717) is 24.5 Å². The molecule has 1 rings (SSSR count). The molecule has 5 nitrogen and oxygen atoms in total. The van der Waals surface area contributed by atoms with E-state index in [1.165, 1.54) is 6.08 Å². The number of carbonyl (C=O) groups is 1. The molecule has 5 heteroatoms. The summed E-state index contributed by atoms with van der Waals surface area (Å²) in [6.45, 7) is 4.60. The minimum absolute atomic E-state index is 0.0145. The predicted molar refractivity (Wildman–Crippen MR) is 80.7 cm³/mol. The lowest BCUT2D eigenvalue weighted by Crippen LogP contribution is -2.27. The Bertz CT molecular complexity index is 545. The fraction of sp³-hybridized carbons (Fsp3) is 0.375. The van der Waals surface area contributed by atoms with E-state index in [2.05, 4.69) is 5.32 Å². The average Bonchev–Trinajstić information content (AvgIpc) is 2.45. The molecular weight excluding hydrogens is 268 g/mol. The van der Waals surface area contributed by atoms with E-state index < -0.39 is 5.91 Å². The van der Waals surface area contributed by atoms with E-state index in [1.807, 2.05) is 38.1 Å². The highest BCUT2D eigenvalue weighted by molar-refractivity contribution is 6.01. The fourth-order valence-electron chi connectivity index (χ4n) is 1.63. The SMILES string of the molecule is COCCNC(=O)/C(C#N)=C/c1ccccc1OC(C)C. The summed E-state index contributed by atoms with van der Waals surface area (Å²) >= 11 is 0. The van der Waals surface area contributed by atoms with E-state index >= 15 is 0 Å². The van der Waals surface area contributed by atoms with Crippen LogP contribution in [0.25, 0.3) is 6.08 Å². The van der Waals surface area contributed by atoms with Crippen molar-refractivity contribution in [2.45, 2.75) is 20.0 Å². The fourth-order valence-corrected chi connectivity index (χ4v) is 1.63. The average molecular weight is 288 g/mol. The molecule has 0 saturated heterocycles. The third-order valence-electron chi connectivity index (χ3n) is 2.54. The highest BCUT2D eigenvalue weighted by Crippen LogP contribution is 2.22. The Morgan fingerprint density at radius 3 is 2.76 bits per heavy atom. The maximum atomic E-state index is 11.9. The summed E-state index contributed by atoms with van der Waals surface area (Å²) in [5.41, 5.74) is 0.732. The molecule has 0 bridgehead atoms. The molecule has 1 N–H and O–H groups in total. The molecule has 0 atom stereocenters. The molecule has 0 saturated carbocycles. The van der Waals surface area contributed by atoms with E-state index in [-0.39, 0.29) is 11.7 Å². The Morgan fingerprint density at radius 1 is 1.43 bits per heavy atom. The second-order valence-electron chi connectivity index (χ2n) is 4.62. The molecule has 0 fully saturated rings. The number of methoxy groups -OCH3 is 1. The quantitative estimate of drug-likeness (QED) is 0.474. The number of carbonyl (C=O) groups excluding carboxylic acids is 1. The summed E-state index contributed by atoms with van der Waals surface area (Å²) in [6.07, 6.45) is 1.54. The molecule has 0 aliphatic heterocycles. The Kier molecular flexibility index (Phi) is 6.99. The van der Waals surface area contributed by atoms with Crippen LogP contribution >= 0.6 is 0 Å². The second-order valence-corrected chi connectivity index (χ2v) is 4.62. The molecule has 1 amide bonds. The minimum Gasteiger partial charge on any atom is -0.490 e. The number of nitriles is 1. The van der Waals surface area contributed by atoms with Gasteiger partial charge in [-0.2, -0.15) is 5.26 Å². The van der Waals surface area contributed by atoms with Crippen molar-refractivity contribution in [2.24, 2.45) is 0 Å². The van der Waals surface area contributed by atoms with Gasteiger partial charge in [-0.1, -0.05) is 18.2 Å². The summed E-state index contributed by atoms with van der Waals surface area (Å²) in [7, 11) is 1.55. The molecule has 0 aliphatic carbocycles. The number of hydrogen-bond acceptors (Lipinski definition) is 4. The first kappa shape index (κ1) is 16.7. The maximum Gasteiger partial charge on any atom is 0.262 e. The number of amides is 1. The number of nitrogens with zero attached hydrogens (tertiary/aromatic N) is 1. The van der Waals surface area contributed by atoms with Gasteiger partial charge in [-0.05, 0) is 26.0 Å². The van der Waals surface area contributed by atoms with Crippen molar-refractivity contribution < 1.29 is 14.3 Å². The van der Waals surface area contributed by atoms with Gasteiger partial charge in [0.25, 0.3) is 5.91 Å². The van der Waals surface area contributed by atoms with E-state index in [9.17, 15) is 4.79 Å². The molecule has 21 heavy (non-hydrogen) atoms. The molecule has 0 aliphatic rings. The maximum absolute atomic E-state index is 11.9. The van der Waals surface area contributed by atoms with Gasteiger partial charge in [0.05, 0.1) is 12.7 Å². The van der Waals surface area contributed by atoms with Crippen LogP contribution in [0.5, 0.6) is 5.75 Å². The monoisotopic (exact) mass is 288 g/mol. The molecule has 1 aromatic carbocycles. The number of rotatable bonds is 7. The minimum atomic E-state index is -0.422. The first-order valence-electron chi connectivity index (χ1n) is 6.73. The number of hydrogen-bond donors (Lipinski definition) is 1. The second kappa shape index (κ2) is 8.77. The number of nitrogens with one attached hydrogen (secondary N) is 1. The van der Waals surface area contributed by atoms with Crippen LogP contribution in [-0.4, -0.2) is 32.3 Å². The highest BCUT2D eigenvalue weighted by Gasteiger charge is 2.10. The molecule has 0 aromatic heterocycles. The third-order valence-corrected chi connectivity index (χ3v) is 2.54. The van der Waals surface area contributed by atoms with Crippen LogP contribution in [0.3, 0.4) is 0 Å². The molecular formula is C16H20N2O3. The summed E-state index contributed by atoms with van der Waals surface area (Å²) < 4.78 is 10.5. The summed E-state index contributed by atoms with van der Waals surface area (Å²) in [5.74, 6) is 0.221. The van der Waals surface area contributed by atoms with Crippen LogP contribution in [-0.2, 0) is 9.53 Å². The van der Waals surface area contributed by atoms with Crippen LogP contribution in [0.2, 0.25) is 0 Å². The lowest BCUT2D eigenvalue weighted by Gasteiger charge is -2.12. The van der Waals surface area contributed by atoms with Gasteiger partial charge in [0, 0.05) is 19.2 Å². The van der Waals surface area contributed by atoms with Crippen molar-refractivity contribution in [2.75, 3.05) is 20.3 Å². The Labute approximate surface area is 125 Å². The molecule has 112 valence electrons. The van der Waals surface area contributed by atoms with Crippen LogP contribution in [0.4, 0.5) is 0 Å².